The minimum absolute atomic E-state index is 0.200. The molecular formula is C13H20O3. The van der Waals surface area contributed by atoms with E-state index in [2.05, 4.69) is 6.08 Å². The Hall–Kier alpha value is -0.830. The molecule has 0 aromatic heterocycles. The van der Waals surface area contributed by atoms with Gasteiger partial charge in [0.25, 0.3) is 0 Å². The lowest BCUT2D eigenvalue weighted by molar-refractivity contribution is -0.233. The lowest BCUT2D eigenvalue weighted by Gasteiger charge is -2.37. The normalized spacial score (nSPS) is 39.1. The highest BCUT2D eigenvalue weighted by Crippen LogP contribution is 2.47. The van der Waals surface area contributed by atoms with Crippen LogP contribution in [0.4, 0.5) is 0 Å². The van der Waals surface area contributed by atoms with Crippen LogP contribution in [0.5, 0.6) is 0 Å². The van der Waals surface area contributed by atoms with Gasteiger partial charge in [-0.3, -0.25) is 0 Å². The highest BCUT2D eigenvalue weighted by molar-refractivity contribution is 5.82. The van der Waals surface area contributed by atoms with E-state index in [0.717, 1.165) is 12.8 Å². The van der Waals surface area contributed by atoms with Crippen LogP contribution in [0.3, 0.4) is 0 Å². The summed E-state index contributed by atoms with van der Waals surface area (Å²) in [6.45, 7) is 7.94. The van der Waals surface area contributed by atoms with Crippen molar-refractivity contribution in [2.45, 2.75) is 58.3 Å². The fourth-order valence-electron chi connectivity index (χ4n) is 2.10. The van der Waals surface area contributed by atoms with Gasteiger partial charge < -0.3 is 9.47 Å². The lowest BCUT2D eigenvalue weighted by atomic mass is 9.85. The quantitative estimate of drug-likeness (QED) is 0.469. The van der Waals surface area contributed by atoms with E-state index in [4.69, 9.17) is 9.47 Å². The molecule has 1 spiro atoms. The van der Waals surface area contributed by atoms with Crippen molar-refractivity contribution in [1.82, 2.24) is 0 Å². The zero-order chi connectivity index (χ0) is 12.0. The highest BCUT2D eigenvalue weighted by Gasteiger charge is 2.59. The first-order chi connectivity index (χ1) is 7.29. The Morgan fingerprint density at radius 3 is 2.44 bits per heavy atom. The predicted octanol–water partition coefficient (Wildman–Crippen LogP) is 2.80. The first kappa shape index (κ1) is 11.6. The van der Waals surface area contributed by atoms with Crippen molar-refractivity contribution < 1.29 is 14.3 Å². The van der Waals surface area contributed by atoms with Crippen molar-refractivity contribution in [3.63, 3.8) is 0 Å². The largest absolute Gasteiger partial charge is 0.431 e. The van der Waals surface area contributed by atoms with E-state index in [0.29, 0.717) is 6.42 Å². The fourth-order valence-corrected chi connectivity index (χ4v) is 2.10. The minimum atomic E-state index is -0.810. The Morgan fingerprint density at radius 1 is 1.31 bits per heavy atom. The Balaban J connectivity index is 2.28. The maximum absolute atomic E-state index is 12.0. The van der Waals surface area contributed by atoms with Crippen molar-refractivity contribution >= 4 is 5.97 Å². The Morgan fingerprint density at radius 2 is 2.00 bits per heavy atom. The third-order valence-corrected chi connectivity index (χ3v) is 3.74. The molecule has 2 aliphatic rings. The van der Waals surface area contributed by atoms with Crippen molar-refractivity contribution in [3.05, 3.63) is 12.2 Å². The van der Waals surface area contributed by atoms with Gasteiger partial charge in [0, 0.05) is 18.8 Å². The molecule has 2 rings (SSSR count). The number of hydrogen-bond acceptors (Lipinski definition) is 3. The minimum Gasteiger partial charge on any atom is -0.431 e. The van der Waals surface area contributed by atoms with E-state index in [1.165, 1.54) is 0 Å². The summed E-state index contributed by atoms with van der Waals surface area (Å²) < 4.78 is 11.5. The predicted molar refractivity (Wildman–Crippen MR) is 60.8 cm³/mol. The Bertz CT molecular complexity index is 340. The summed E-state index contributed by atoms with van der Waals surface area (Å²) in [6, 6.07) is 0. The second-order valence-corrected chi connectivity index (χ2v) is 5.90. The van der Waals surface area contributed by atoms with Gasteiger partial charge in [-0.25, -0.2) is 4.79 Å². The molecule has 1 fully saturated rings. The van der Waals surface area contributed by atoms with Crippen LogP contribution in [-0.4, -0.2) is 17.4 Å². The first-order valence-electron chi connectivity index (χ1n) is 5.88. The van der Waals surface area contributed by atoms with E-state index in [1.807, 2.05) is 33.8 Å². The number of hydrogen-bond donors (Lipinski definition) is 0. The van der Waals surface area contributed by atoms with Gasteiger partial charge in [0.2, 0.25) is 5.79 Å². The highest BCUT2D eigenvalue weighted by atomic mass is 16.8. The third kappa shape index (κ3) is 1.58. The van der Waals surface area contributed by atoms with Crippen LogP contribution in [0.15, 0.2) is 12.2 Å². The number of carbonyl (C=O) groups excluding carboxylic acids is 1. The van der Waals surface area contributed by atoms with Crippen molar-refractivity contribution in [2.24, 2.45) is 5.41 Å². The number of cyclic esters (lactones) is 1. The molecule has 0 bridgehead atoms. The molecule has 3 heteroatoms. The molecule has 0 unspecified atom stereocenters. The molecule has 1 aliphatic carbocycles. The molecule has 16 heavy (non-hydrogen) atoms. The van der Waals surface area contributed by atoms with E-state index in [-0.39, 0.29) is 11.4 Å². The topological polar surface area (TPSA) is 35.5 Å². The van der Waals surface area contributed by atoms with Gasteiger partial charge in [-0.2, -0.15) is 0 Å². The molecule has 3 nitrogen and oxygen atoms in total. The molecular weight excluding hydrogens is 204 g/mol. The molecule has 90 valence electrons. The maximum atomic E-state index is 12.0. The molecule has 0 aromatic rings. The van der Waals surface area contributed by atoms with Crippen LogP contribution in [0.2, 0.25) is 0 Å². The molecule has 0 aromatic carbocycles. The number of esters is 1. The summed E-state index contributed by atoms with van der Waals surface area (Å²) >= 11 is 0. The van der Waals surface area contributed by atoms with Crippen molar-refractivity contribution in [3.8, 4) is 0 Å². The monoisotopic (exact) mass is 224 g/mol. The SMILES string of the molecule is CC(C)(C)[C@]1(C)OC(=O)[C@@]2(CC=CCC2)O1. The van der Waals surface area contributed by atoms with Gasteiger partial charge >= 0.3 is 5.97 Å². The second-order valence-electron chi connectivity index (χ2n) is 5.90. The number of ether oxygens (including phenoxy) is 2. The van der Waals surface area contributed by atoms with E-state index in [9.17, 15) is 4.79 Å². The summed E-state index contributed by atoms with van der Waals surface area (Å²) in [5.41, 5.74) is -0.940. The van der Waals surface area contributed by atoms with Crippen LogP contribution in [0.25, 0.3) is 0 Å². The smallest absolute Gasteiger partial charge is 0.341 e. The molecule has 0 amide bonds. The fraction of sp³-hybridized carbons (Fsp3) is 0.769. The van der Waals surface area contributed by atoms with E-state index in [1.54, 1.807) is 0 Å². The standard InChI is InChI=1S/C13H20O3/c1-11(2,3)12(4)15-10(14)13(16-12)8-6-5-7-9-13/h5-6H,7-9H2,1-4H3/t12-,13+/m1/s1. The van der Waals surface area contributed by atoms with Gasteiger partial charge in [0.15, 0.2) is 5.60 Å². The van der Waals surface area contributed by atoms with Crippen LogP contribution in [0, 0.1) is 5.41 Å². The van der Waals surface area contributed by atoms with E-state index >= 15 is 0 Å². The third-order valence-electron chi connectivity index (χ3n) is 3.74. The van der Waals surface area contributed by atoms with Crippen molar-refractivity contribution in [2.75, 3.05) is 0 Å². The van der Waals surface area contributed by atoms with Gasteiger partial charge in [-0.05, 0) is 12.8 Å². The molecule has 1 saturated heterocycles. The van der Waals surface area contributed by atoms with Gasteiger partial charge in [0.05, 0.1) is 0 Å². The van der Waals surface area contributed by atoms with E-state index < -0.39 is 11.4 Å². The summed E-state index contributed by atoms with van der Waals surface area (Å²) in [6.07, 6.45) is 6.36. The molecule has 2 atom stereocenters. The van der Waals surface area contributed by atoms with Crippen LogP contribution in [0.1, 0.15) is 47.0 Å². The molecule has 0 saturated carbocycles. The second kappa shape index (κ2) is 3.33. The van der Waals surface area contributed by atoms with Gasteiger partial charge in [-0.15, -0.1) is 0 Å². The number of carbonyl (C=O) groups is 1. The maximum Gasteiger partial charge on any atom is 0.341 e. The van der Waals surface area contributed by atoms with Crippen LogP contribution < -0.4 is 0 Å². The Labute approximate surface area is 96.8 Å². The van der Waals surface area contributed by atoms with Gasteiger partial charge in [-0.1, -0.05) is 32.9 Å². The average Bonchev–Trinajstić information content (AvgIpc) is 2.40. The van der Waals surface area contributed by atoms with Crippen LogP contribution >= 0.6 is 0 Å². The first-order valence-corrected chi connectivity index (χ1v) is 5.88. The summed E-state index contributed by atoms with van der Waals surface area (Å²) in [5.74, 6) is -1.01. The summed E-state index contributed by atoms with van der Waals surface area (Å²) in [5, 5.41) is 0. The molecule has 0 N–H and O–H groups in total. The zero-order valence-electron chi connectivity index (χ0n) is 10.5. The van der Waals surface area contributed by atoms with Crippen molar-refractivity contribution in [1.29, 1.82) is 0 Å². The Kier molecular flexibility index (Phi) is 2.42. The molecule has 1 heterocycles. The average molecular weight is 224 g/mol. The van der Waals surface area contributed by atoms with Crippen LogP contribution in [-0.2, 0) is 14.3 Å². The molecule has 0 radical (unpaired) electrons. The number of rotatable bonds is 0. The summed E-state index contributed by atoms with van der Waals surface area (Å²) in [7, 11) is 0. The lowest BCUT2D eigenvalue weighted by Crippen LogP contribution is -2.44. The van der Waals surface area contributed by atoms with Gasteiger partial charge in [0.1, 0.15) is 0 Å². The molecule has 1 aliphatic heterocycles. The number of allylic oxidation sites excluding steroid dienone is 1. The summed E-state index contributed by atoms with van der Waals surface area (Å²) in [4.78, 5) is 12.0. The zero-order valence-corrected chi connectivity index (χ0v) is 10.5.